The first kappa shape index (κ1) is 11.0. The van der Waals surface area contributed by atoms with Crippen molar-refractivity contribution in [1.29, 1.82) is 0 Å². The largest absolute Gasteiger partial charge is 0.462 e. The van der Waals surface area contributed by atoms with E-state index < -0.39 is 0 Å². The van der Waals surface area contributed by atoms with Crippen LogP contribution in [0.25, 0.3) is 6.08 Å². The summed E-state index contributed by atoms with van der Waals surface area (Å²) in [6, 6.07) is 11.6. The van der Waals surface area contributed by atoms with Gasteiger partial charge in [-0.1, -0.05) is 24.3 Å². The Labute approximate surface area is 106 Å². The third-order valence-electron chi connectivity index (χ3n) is 3.29. The highest BCUT2D eigenvalue weighted by molar-refractivity contribution is 6.13. The summed E-state index contributed by atoms with van der Waals surface area (Å²) in [7, 11) is 0. The van der Waals surface area contributed by atoms with E-state index in [-0.39, 0.29) is 5.78 Å². The Morgan fingerprint density at radius 1 is 1.11 bits per heavy atom. The SMILES string of the molecule is Cc1ccc(C=C2CCc3ccccc3C2=O)o1. The molecule has 2 heteroatoms. The number of hydrogen-bond acceptors (Lipinski definition) is 2. The van der Waals surface area contributed by atoms with E-state index in [0.29, 0.717) is 0 Å². The molecular weight excluding hydrogens is 224 g/mol. The minimum atomic E-state index is 0.130. The van der Waals surface area contributed by atoms with Gasteiger partial charge in [0.25, 0.3) is 0 Å². The van der Waals surface area contributed by atoms with E-state index in [9.17, 15) is 4.79 Å². The molecule has 0 atom stereocenters. The van der Waals surface area contributed by atoms with Gasteiger partial charge in [0.2, 0.25) is 0 Å². The first-order chi connectivity index (χ1) is 8.74. The van der Waals surface area contributed by atoms with Crippen LogP contribution in [-0.4, -0.2) is 5.78 Å². The van der Waals surface area contributed by atoms with Crippen molar-refractivity contribution < 1.29 is 9.21 Å². The van der Waals surface area contributed by atoms with Crippen LogP contribution >= 0.6 is 0 Å². The molecule has 1 aliphatic rings. The third kappa shape index (κ3) is 1.90. The fourth-order valence-corrected chi connectivity index (χ4v) is 2.36. The van der Waals surface area contributed by atoms with Crippen molar-refractivity contribution in [2.45, 2.75) is 19.8 Å². The fourth-order valence-electron chi connectivity index (χ4n) is 2.36. The van der Waals surface area contributed by atoms with Gasteiger partial charge in [-0.3, -0.25) is 4.79 Å². The Morgan fingerprint density at radius 2 is 1.94 bits per heavy atom. The van der Waals surface area contributed by atoms with Gasteiger partial charge in [0, 0.05) is 11.1 Å². The maximum atomic E-state index is 12.3. The van der Waals surface area contributed by atoms with E-state index in [1.165, 1.54) is 0 Å². The van der Waals surface area contributed by atoms with Crippen molar-refractivity contribution in [3.63, 3.8) is 0 Å². The van der Waals surface area contributed by atoms with Crippen LogP contribution in [0.1, 0.15) is 33.9 Å². The van der Waals surface area contributed by atoms with E-state index in [2.05, 4.69) is 0 Å². The van der Waals surface area contributed by atoms with Gasteiger partial charge in [-0.05, 0) is 43.5 Å². The highest BCUT2D eigenvalue weighted by Crippen LogP contribution is 2.26. The number of Topliss-reactive ketones (excluding diaryl/α,β-unsaturated/α-hetero) is 1. The van der Waals surface area contributed by atoms with Gasteiger partial charge in [0.15, 0.2) is 5.78 Å². The summed E-state index contributed by atoms with van der Waals surface area (Å²) in [6.45, 7) is 1.90. The maximum Gasteiger partial charge on any atom is 0.189 e. The lowest BCUT2D eigenvalue weighted by Gasteiger charge is -2.16. The highest BCUT2D eigenvalue weighted by atomic mass is 16.3. The summed E-state index contributed by atoms with van der Waals surface area (Å²) in [5, 5.41) is 0. The molecule has 0 radical (unpaired) electrons. The molecule has 0 aliphatic heterocycles. The van der Waals surface area contributed by atoms with Crippen LogP contribution in [0.2, 0.25) is 0 Å². The van der Waals surface area contributed by atoms with Gasteiger partial charge in [0.1, 0.15) is 11.5 Å². The molecule has 0 saturated heterocycles. The smallest absolute Gasteiger partial charge is 0.189 e. The van der Waals surface area contributed by atoms with Crippen LogP contribution in [-0.2, 0) is 6.42 Å². The maximum absolute atomic E-state index is 12.3. The number of allylic oxidation sites excluding steroid dienone is 1. The molecule has 2 nitrogen and oxygen atoms in total. The molecule has 18 heavy (non-hydrogen) atoms. The lowest BCUT2D eigenvalue weighted by molar-refractivity contribution is 0.102. The van der Waals surface area contributed by atoms with Gasteiger partial charge < -0.3 is 4.42 Å². The van der Waals surface area contributed by atoms with Crippen molar-refractivity contribution in [3.8, 4) is 0 Å². The number of furan rings is 1. The van der Waals surface area contributed by atoms with Gasteiger partial charge >= 0.3 is 0 Å². The normalized spacial score (nSPS) is 16.9. The number of aryl methyl sites for hydroxylation is 2. The Kier molecular flexibility index (Phi) is 2.63. The van der Waals surface area contributed by atoms with Gasteiger partial charge in [-0.2, -0.15) is 0 Å². The van der Waals surface area contributed by atoms with Crippen molar-refractivity contribution in [1.82, 2.24) is 0 Å². The topological polar surface area (TPSA) is 30.2 Å². The molecule has 0 spiro atoms. The number of carbonyl (C=O) groups excluding carboxylic acids is 1. The molecule has 3 rings (SSSR count). The van der Waals surface area contributed by atoms with Crippen LogP contribution < -0.4 is 0 Å². The predicted molar refractivity (Wildman–Crippen MR) is 70.5 cm³/mol. The molecule has 0 saturated carbocycles. The summed E-state index contributed by atoms with van der Waals surface area (Å²) in [4.78, 5) is 12.3. The molecular formula is C16H14O2. The Bertz CT molecular complexity index is 632. The molecule has 0 unspecified atom stereocenters. The lowest BCUT2D eigenvalue weighted by atomic mass is 9.86. The zero-order valence-corrected chi connectivity index (χ0v) is 10.3. The zero-order chi connectivity index (χ0) is 12.5. The van der Waals surface area contributed by atoms with Crippen molar-refractivity contribution in [3.05, 3.63) is 64.6 Å². The van der Waals surface area contributed by atoms with Crippen molar-refractivity contribution in [2.75, 3.05) is 0 Å². The Hall–Kier alpha value is -2.09. The second-order valence-corrected chi connectivity index (χ2v) is 4.60. The minimum absolute atomic E-state index is 0.130. The standard InChI is InChI=1S/C16H14O2/c1-11-6-9-14(18-11)10-13-8-7-12-4-2-3-5-15(12)16(13)17/h2-6,9-10H,7-8H2,1H3. The van der Waals surface area contributed by atoms with Crippen LogP contribution in [0.5, 0.6) is 0 Å². The second kappa shape index (κ2) is 4.30. The molecule has 1 aliphatic carbocycles. The quantitative estimate of drug-likeness (QED) is 0.707. The molecule has 0 fully saturated rings. The average molecular weight is 238 g/mol. The Morgan fingerprint density at radius 3 is 2.72 bits per heavy atom. The number of benzene rings is 1. The predicted octanol–water partition coefficient (Wildman–Crippen LogP) is 3.80. The van der Waals surface area contributed by atoms with Gasteiger partial charge in [-0.25, -0.2) is 0 Å². The Balaban J connectivity index is 1.98. The third-order valence-corrected chi connectivity index (χ3v) is 3.29. The molecule has 1 aromatic heterocycles. The molecule has 0 amide bonds. The second-order valence-electron chi connectivity index (χ2n) is 4.60. The average Bonchev–Trinajstić information content (AvgIpc) is 2.79. The van der Waals surface area contributed by atoms with E-state index in [0.717, 1.165) is 41.1 Å². The first-order valence-corrected chi connectivity index (χ1v) is 6.13. The van der Waals surface area contributed by atoms with E-state index in [1.807, 2.05) is 49.4 Å². The van der Waals surface area contributed by atoms with Crippen LogP contribution in [0, 0.1) is 6.92 Å². The molecule has 0 N–H and O–H groups in total. The van der Waals surface area contributed by atoms with E-state index >= 15 is 0 Å². The van der Waals surface area contributed by atoms with Crippen LogP contribution in [0.4, 0.5) is 0 Å². The number of fused-ring (bicyclic) bond motifs is 1. The fraction of sp³-hybridized carbons (Fsp3) is 0.188. The summed E-state index contributed by atoms with van der Waals surface area (Å²) < 4.78 is 5.49. The monoisotopic (exact) mass is 238 g/mol. The molecule has 90 valence electrons. The molecule has 1 heterocycles. The number of hydrogen-bond donors (Lipinski definition) is 0. The number of rotatable bonds is 1. The van der Waals surface area contributed by atoms with Gasteiger partial charge in [-0.15, -0.1) is 0 Å². The number of carbonyl (C=O) groups is 1. The minimum Gasteiger partial charge on any atom is -0.462 e. The van der Waals surface area contributed by atoms with E-state index in [4.69, 9.17) is 4.42 Å². The summed E-state index contributed by atoms with van der Waals surface area (Å²) in [5.74, 6) is 1.76. The molecule has 2 aromatic rings. The van der Waals surface area contributed by atoms with Gasteiger partial charge in [0.05, 0.1) is 0 Å². The van der Waals surface area contributed by atoms with Crippen molar-refractivity contribution in [2.24, 2.45) is 0 Å². The van der Waals surface area contributed by atoms with Crippen LogP contribution in [0.3, 0.4) is 0 Å². The van der Waals surface area contributed by atoms with Crippen LogP contribution in [0.15, 0.2) is 46.4 Å². The molecule has 1 aromatic carbocycles. The molecule has 0 bridgehead atoms. The summed E-state index contributed by atoms with van der Waals surface area (Å²) >= 11 is 0. The van der Waals surface area contributed by atoms with Crippen molar-refractivity contribution >= 4 is 11.9 Å². The van der Waals surface area contributed by atoms with E-state index in [1.54, 1.807) is 0 Å². The zero-order valence-electron chi connectivity index (χ0n) is 10.3. The number of ketones is 1. The summed E-state index contributed by atoms with van der Waals surface area (Å²) in [5.41, 5.74) is 2.82. The first-order valence-electron chi connectivity index (χ1n) is 6.13. The highest BCUT2D eigenvalue weighted by Gasteiger charge is 2.21. The summed E-state index contributed by atoms with van der Waals surface area (Å²) in [6.07, 6.45) is 3.58. The lowest BCUT2D eigenvalue weighted by Crippen LogP contribution is -2.13.